The Morgan fingerprint density at radius 2 is 1.73 bits per heavy atom. The van der Waals surface area contributed by atoms with E-state index in [9.17, 15) is 0 Å². The summed E-state index contributed by atoms with van der Waals surface area (Å²) < 4.78 is 3.98. The predicted octanol–water partition coefficient (Wildman–Crippen LogP) is 2.03. The van der Waals surface area contributed by atoms with Crippen molar-refractivity contribution >= 4 is 0 Å². The van der Waals surface area contributed by atoms with E-state index in [2.05, 4.69) is 39.2 Å². The summed E-state index contributed by atoms with van der Waals surface area (Å²) in [4.78, 5) is 0. The Kier molecular flexibility index (Phi) is 2.35. The van der Waals surface area contributed by atoms with Gasteiger partial charge >= 0.3 is 0 Å². The van der Waals surface area contributed by atoms with Crippen molar-refractivity contribution in [2.75, 3.05) is 0 Å². The minimum Gasteiger partial charge on any atom is -0.326 e. The molecule has 0 N–H and O–H groups in total. The van der Waals surface area contributed by atoms with Crippen LogP contribution in [0.15, 0.2) is 24.5 Å². The molecular weight excluding hydrogens is 184 g/mol. The smallest absolute Gasteiger partial charge is 0.243 e. The van der Waals surface area contributed by atoms with Crippen molar-refractivity contribution in [3.8, 4) is 5.69 Å². The fourth-order valence-electron chi connectivity index (χ4n) is 2.08. The van der Waals surface area contributed by atoms with Gasteiger partial charge in [0.2, 0.25) is 6.33 Å². The molecule has 0 spiro atoms. The van der Waals surface area contributed by atoms with Crippen molar-refractivity contribution in [1.29, 1.82) is 0 Å². The maximum Gasteiger partial charge on any atom is 0.243 e. The molecule has 0 saturated heterocycles. The van der Waals surface area contributed by atoms with Gasteiger partial charge in [-0.2, -0.15) is 0 Å². The van der Waals surface area contributed by atoms with E-state index in [1.807, 2.05) is 28.6 Å². The van der Waals surface area contributed by atoms with Crippen LogP contribution in [0.25, 0.3) is 5.69 Å². The number of aryl methyl sites for hydroxylation is 4. The molecule has 0 unspecified atom stereocenters. The van der Waals surface area contributed by atoms with E-state index in [4.69, 9.17) is 0 Å². The van der Waals surface area contributed by atoms with E-state index in [-0.39, 0.29) is 0 Å². The van der Waals surface area contributed by atoms with Crippen LogP contribution in [0.2, 0.25) is 0 Å². The third-order valence-corrected chi connectivity index (χ3v) is 2.58. The van der Waals surface area contributed by atoms with E-state index >= 15 is 0 Å². The van der Waals surface area contributed by atoms with Crippen LogP contribution in [0, 0.1) is 27.1 Å². The number of hydrogen-bond acceptors (Lipinski definition) is 0. The van der Waals surface area contributed by atoms with Crippen LogP contribution in [0.5, 0.6) is 0 Å². The maximum atomic E-state index is 3.23. The third-order valence-electron chi connectivity index (χ3n) is 2.58. The van der Waals surface area contributed by atoms with Crippen LogP contribution in [0.4, 0.5) is 0 Å². The van der Waals surface area contributed by atoms with Crippen molar-refractivity contribution in [3.05, 3.63) is 47.5 Å². The van der Waals surface area contributed by atoms with Crippen LogP contribution in [0.3, 0.4) is 0 Å². The molecule has 78 valence electrons. The Labute approximate surface area is 90.8 Å². The number of aromatic nitrogens is 2. The molecule has 0 radical (unpaired) electrons. The van der Waals surface area contributed by atoms with Crippen LogP contribution in [0.1, 0.15) is 16.7 Å². The average Bonchev–Trinajstić information content (AvgIpc) is 2.49. The Balaban J connectivity index is 2.62. The monoisotopic (exact) mass is 200 g/mol. The summed E-state index contributed by atoms with van der Waals surface area (Å²) in [7, 11) is 1.98. The first-order valence-corrected chi connectivity index (χ1v) is 5.12. The molecule has 1 aromatic carbocycles. The summed E-state index contributed by atoms with van der Waals surface area (Å²) in [6.45, 7) is 6.41. The third kappa shape index (κ3) is 1.80. The Morgan fingerprint density at radius 3 is 2.20 bits per heavy atom. The van der Waals surface area contributed by atoms with Gasteiger partial charge in [0.05, 0.1) is 12.7 Å². The molecule has 0 saturated carbocycles. The maximum absolute atomic E-state index is 3.23. The second-order valence-electron chi connectivity index (χ2n) is 4.13. The van der Waals surface area contributed by atoms with Crippen molar-refractivity contribution in [2.45, 2.75) is 20.8 Å². The first-order valence-electron chi connectivity index (χ1n) is 5.12. The van der Waals surface area contributed by atoms with E-state index in [1.165, 1.54) is 22.4 Å². The van der Waals surface area contributed by atoms with Crippen molar-refractivity contribution in [2.24, 2.45) is 7.05 Å². The van der Waals surface area contributed by atoms with Crippen molar-refractivity contribution in [1.82, 2.24) is 4.57 Å². The lowest BCUT2D eigenvalue weighted by Gasteiger charge is -2.12. The molecule has 0 bridgehead atoms. The molecule has 0 atom stereocenters. The standard InChI is InChI=1S/C13H16N2/c1-10-7-11(2)13(12(3)8-10)15-6-5-14(4)9-15/h5-8H,1-4H3. The highest BCUT2D eigenvalue weighted by atomic mass is 15.1. The number of imidazole rings is 1. The Bertz CT molecular complexity index is 472. The topological polar surface area (TPSA) is 8.81 Å². The lowest BCUT2D eigenvalue weighted by atomic mass is 10.1. The highest BCUT2D eigenvalue weighted by molar-refractivity contribution is 5.42. The molecule has 0 aliphatic rings. The minimum atomic E-state index is 1.24. The van der Waals surface area contributed by atoms with Gasteiger partial charge in [0.25, 0.3) is 0 Å². The quantitative estimate of drug-likeness (QED) is 0.492. The van der Waals surface area contributed by atoms with Gasteiger partial charge in [-0.25, -0.2) is 0 Å². The molecule has 0 aliphatic heterocycles. The van der Waals surface area contributed by atoms with Gasteiger partial charge in [-0.3, -0.25) is 0 Å². The Hall–Kier alpha value is -1.57. The van der Waals surface area contributed by atoms with E-state index in [0.29, 0.717) is 0 Å². The number of benzene rings is 1. The summed E-state index contributed by atoms with van der Waals surface area (Å²) in [6, 6.07) is 4.41. The van der Waals surface area contributed by atoms with Crippen molar-refractivity contribution < 1.29 is 4.57 Å². The fraction of sp³-hybridized carbons (Fsp3) is 0.308. The number of rotatable bonds is 1. The average molecular weight is 200 g/mol. The normalized spacial score (nSPS) is 10.7. The molecule has 0 aliphatic carbocycles. The lowest BCUT2D eigenvalue weighted by molar-refractivity contribution is -0.600. The van der Waals surface area contributed by atoms with E-state index < -0.39 is 0 Å². The van der Waals surface area contributed by atoms with Crippen LogP contribution >= 0.6 is 0 Å². The van der Waals surface area contributed by atoms with E-state index in [1.54, 1.807) is 0 Å². The molecule has 2 nitrogen and oxygen atoms in total. The number of hydrogen-bond donors (Lipinski definition) is 0. The van der Waals surface area contributed by atoms with Gasteiger partial charge in [0.1, 0.15) is 0 Å². The minimum absolute atomic E-state index is 1.24. The molecule has 1 heterocycles. The van der Waals surface area contributed by atoms with Crippen molar-refractivity contribution in [3.63, 3.8) is 0 Å². The largest absolute Gasteiger partial charge is 0.326 e. The molecule has 2 rings (SSSR count). The molecule has 2 aromatic rings. The highest BCUT2D eigenvalue weighted by Gasteiger charge is 2.05. The second-order valence-corrected chi connectivity index (χ2v) is 4.13. The Morgan fingerprint density at radius 1 is 1.13 bits per heavy atom. The second kappa shape index (κ2) is 3.54. The lowest BCUT2D eigenvalue weighted by Crippen LogP contribution is -2.30. The van der Waals surface area contributed by atoms with Gasteiger partial charge in [0, 0.05) is 12.4 Å². The van der Waals surface area contributed by atoms with Crippen LogP contribution < -0.4 is 4.57 Å². The van der Waals surface area contributed by atoms with Crippen LogP contribution in [-0.4, -0.2) is 4.57 Å². The zero-order valence-corrected chi connectivity index (χ0v) is 9.70. The molecule has 0 fully saturated rings. The zero-order chi connectivity index (χ0) is 11.0. The first-order chi connectivity index (χ1) is 7.08. The summed E-state index contributed by atoms with van der Waals surface area (Å²) in [5, 5.41) is 0. The highest BCUT2D eigenvalue weighted by Crippen LogP contribution is 2.15. The van der Waals surface area contributed by atoms with Gasteiger partial charge in [0.15, 0.2) is 0 Å². The molecular formula is C13H16N2. The van der Waals surface area contributed by atoms with Gasteiger partial charge in [-0.05, 0) is 31.9 Å². The molecule has 0 amide bonds. The number of nitrogens with zero attached hydrogens (tertiary/aromatic N) is 2. The molecule has 1 aromatic heterocycles. The van der Waals surface area contributed by atoms with Gasteiger partial charge in [-0.15, -0.1) is 0 Å². The molecule has 2 heteroatoms. The summed E-state index contributed by atoms with van der Waals surface area (Å²) in [5.41, 5.74) is 5.13. The predicted molar refractivity (Wildman–Crippen MR) is 60.0 cm³/mol. The SMILES string of the molecule is Cc1cc(C)c(-[n+]2[c-]n(C)cc2)c(C)c1. The first kappa shape index (κ1) is 9.97. The molecule has 15 heavy (non-hydrogen) atoms. The zero-order valence-electron chi connectivity index (χ0n) is 9.70. The van der Waals surface area contributed by atoms with E-state index in [0.717, 1.165) is 0 Å². The summed E-state index contributed by atoms with van der Waals surface area (Å²) in [5.74, 6) is 0. The summed E-state index contributed by atoms with van der Waals surface area (Å²) >= 11 is 0. The van der Waals surface area contributed by atoms with Gasteiger partial charge in [-0.1, -0.05) is 17.7 Å². The fourth-order valence-corrected chi connectivity index (χ4v) is 2.08. The summed E-state index contributed by atoms with van der Waals surface area (Å²) in [6.07, 6.45) is 7.26. The van der Waals surface area contributed by atoms with Gasteiger partial charge < -0.3 is 9.13 Å². The van der Waals surface area contributed by atoms with Crippen LogP contribution in [-0.2, 0) is 7.05 Å².